The maximum absolute atomic E-state index is 10.6. The number of unbranched alkanes of at least 4 members (excludes halogenated alkanes) is 1. The van der Waals surface area contributed by atoms with E-state index in [2.05, 4.69) is 29.0 Å². The normalized spacial score (nSPS) is 10.8. The van der Waals surface area contributed by atoms with Gasteiger partial charge in [0.2, 0.25) is 5.91 Å². The van der Waals surface area contributed by atoms with Crippen molar-refractivity contribution in [3.63, 3.8) is 0 Å². The van der Waals surface area contributed by atoms with Crippen molar-refractivity contribution in [3.8, 4) is 0 Å². The highest BCUT2D eigenvalue weighted by atomic mass is 16.1. The fourth-order valence-corrected chi connectivity index (χ4v) is 1.92. The van der Waals surface area contributed by atoms with E-state index in [1.54, 1.807) is 0 Å². The average Bonchev–Trinajstić information content (AvgIpc) is 2.68. The highest BCUT2D eigenvalue weighted by Crippen LogP contribution is 2.15. The van der Waals surface area contributed by atoms with Crippen LogP contribution in [0.5, 0.6) is 0 Å². The number of nitrogens with two attached hydrogens (primary N) is 1. The molecule has 0 aliphatic heterocycles. The summed E-state index contributed by atoms with van der Waals surface area (Å²) in [6.45, 7) is 0.945. The topological polar surface area (TPSA) is 48.0 Å². The molecule has 1 amide bonds. The Morgan fingerprint density at radius 1 is 1.19 bits per heavy atom. The minimum atomic E-state index is -0.211. The molecule has 0 atom stereocenters. The van der Waals surface area contributed by atoms with Crippen LogP contribution in [0.15, 0.2) is 36.5 Å². The van der Waals surface area contributed by atoms with Crippen LogP contribution in [0.4, 0.5) is 0 Å². The molecule has 2 rings (SSSR count). The summed E-state index contributed by atoms with van der Waals surface area (Å²) in [4.78, 5) is 10.6. The monoisotopic (exact) mass is 216 g/mol. The van der Waals surface area contributed by atoms with E-state index in [-0.39, 0.29) is 5.91 Å². The lowest BCUT2D eigenvalue weighted by Crippen LogP contribution is -2.10. The first kappa shape index (κ1) is 10.7. The molecule has 2 N–H and O–H groups in total. The van der Waals surface area contributed by atoms with Crippen LogP contribution in [0.25, 0.3) is 10.9 Å². The van der Waals surface area contributed by atoms with E-state index in [9.17, 15) is 4.79 Å². The van der Waals surface area contributed by atoms with Crippen LogP contribution >= 0.6 is 0 Å². The molecule has 0 unspecified atom stereocenters. The molecule has 1 aromatic heterocycles. The second-order valence-corrected chi connectivity index (χ2v) is 3.99. The highest BCUT2D eigenvalue weighted by Gasteiger charge is 2.00. The lowest BCUT2D eigenvalue weighted by Gasteiger charge is -2.04. The van der Waals surface area contributed by atoms with Crippen molar-refractivity contribution in [1.82, 2.24) is 4.57 Å². The Morgan fingerprint density at radius 3 is 2.81 bits per heavy atom. The molecule has 0 aliphatic carbocycles. The van der Waals surface area contributed by atoms with Crippen LogP contribution in [0.3, 0.4) is 0 Å². The van der Waals surface area contributed by atoms with Crippen molar-refractivity contribution in [2.75, 3.05) is 0 Å². The van der Waals surface area contributed by atoms with Gasteiger partial charge in [-0.15, -0.1) is 0 Å². The van der Waals surface area contributed by atoms with Gasteiger partial charge in [0.1, 0.15) is 0 Å². The molecule has 3 heteroatoms. The molecule has 1 heterocycles. The van der Waals surface area contributed by atoms with Crippen LogP contribution in [-0.4, -0.2) is 10.5 Å². The Balaban J connectivity index is 1.97. The van der Waals surface area contributed by atoms with Crippen LogP contribution in [0.2, 0.25) is 0 Å². The van der Waals surface area contributed by atoms with Crippen molar-refractivity contribution >= 4 is 16.8 Å². The van der Waals surface area contributed by atoms with Crippen molar-refractivity contribution < 1.29 is 4.79 Å². The number of para-hydroxylation sites is 1. The molecule has 84 valence electrons. The molecule has 0 spiro atoms. The number of nitrogens with zero attached hydrogens (tertiary/aromatic N) is 1. The van der Waals surface area contributed by atoms with E-state index in [0.29, 0.717) is 6.42 Å². The molecular formula is C13H16N2O. The summed E-state index contributed by atoms with van der Waals surface area (Å²) in [6.07, 6.45) is 4.43. The van der Waals surface area contributed by atoms with Crippen molar-refractivity contribution in [2.45, 2.75) is 25.8 Å². The molecule has 2 aromatic rings. The third-order valence-electron chi connectivity index (χ3n) is 2.75. The minimum Gasteiger partial charge on any atom is -0.370 e. The second-order valence-electron chi connectivity index (χ2n) is 3.99. The summed E-state index contributed by atoms with van der Waals surface area (Å²) in [7, 11) is 0. The van der Waals surface area contributed by atoms with E-state index < -0.39 is 0 Å². The van der Waals surface area contributed by atoms with Gasteiger partial charge in [0.05, 0.1) is 0 Å². The van der Waals surface area contributed by atoms with E-state index in [4.69, 9.17) is 5.73 Å². The Bertz CT molecular complexity index is 487. The molecule has 16 heavy (non-hydrogen) atoms. The van der Waals surface area contributed by atoms with Gasteiger partial charge in [-0.2, -0.15) is 0 Å². The first-order valence-electron chi connectivity index (χ1n) is 5.59. The number of primary amides is 1. The van der Waals surface area contributed by atoms with Gasteiger partial charge in [0.15, 0.2) is 0 Å². The Kier molecular flexibility index (Phi) is 3.25. The number of hydrogen-bond acceptors (Lipinski definition) is 1. The zero-order valence-corrected chi connectivity index (χ0v) is 9.23. The molecule has 3 nitrogen and oxygen atoms in total. The highest BCUT2D eigenvalue weighted by molar-refractivity contribution is 5.79. The first-order valence-corrected chi connectivity index (χ1v) is 5.59. The number of aryl methyl sites for hydroxylation is 1. The number of benzene rings is 1. The van der Waals surface area contributed by atoms with E-state index in [1.165, 1.54) is 10.9 Å². The van der Waals surface area contributed by atoms with Gasteiger partial charge in [0.25, 0.3) is 0 Å². The van der Waals surface area contributed by atoms with Crippen molar-refractivity contribution in [2.24, 2.45) is 5.73 Å². The fraction of sp³-hybridized carbons (Fsp3) is 0.308. The lowest BCUT2D eigenvalue weighted by molar-refractivity contribution is -0.118. The third kappa shape index (κ3) is 2.42. The van der Waals surface area contributed by atoms with Crippen LogP contribution in [0.1, 0.15) is 19.3 Å². The van der Waals surface area contributed by atoms with Gasteiger partial charge >= 0.3 is 0 Å². The second kappa shape index (κ2) is 4.84. The summed E-state index contributed by atoms with van der Waals surface area (Å²) in [5, 5.41) is 1.26. The molecule has 0 fully saturated rings. The standard InChI is InChI=1S/C13H16N2O/c14-13(16)7-3-4-9-15-10-8-11-5-1-2-6-12(11)15/h1-2,5-6,8,10H,3-4,7,9H2,(H2,14,16). The first-order chi connectivity index (χ1) is 7.77. The van der Waals surface area contributed by atoms with Gasteiger partial charge in [-0.25, -0.2) is 0 Å². The Morgan fingerprint density at radius 2 is 2.00 bits per heavy atom. The van der Waals surface area contributed by atoms with E-state index in [1.807, 2.05) is 12.1 Å². The summed E-state index contributed by atoms with van der Waals surface area (Å²) >= 11 is 0. The SMILES string of the molecule is NC(=O)CCCCn1ccc2ccccc21. The fourth-order valence-electron chi connectivity index (χ4n) is 1.92. The largest absolute Gasteiger partial charge is 0.370 e. The zero-order chi connectivity index (χ0) is 11.4. The summed E-state index contributed by atoms with van der Waals surface area (Å²) in [6, 6.07) is 10.4. The number of fused-ring (bicyclic) bond motifs is 1. The zero-order valence-electron chi connectivity index (χ0n) is 9.23. The van der Waals surface area contributed by atoms with Gasteiger partial charge in [-0.05, 0) is 30.4 Å². The van der Waals surface area contributed by atoms with Crippen LogP contribution in [-0.2, 0) is 11.3 Å². The summed E-state index contributed by atoms with van der Waals surface area (Å²) < 4.78 is 2.22. The van der Waals surface area contributed by atoms with E-state index in [0.717, 1.165) is 19.4 Å². The van der Waals surface area contributed by atoms with Crippen LogP contribution < -0.4 is 5.73 Å². The predicted octanol–water partition coefficient (Wildman–Crippen LogP) is 2.30. The average molecular weight is 216 g/mol. The van der Waals surface area contributed by atoms with Crippen molar-refractivity contribution in [1.29, 1.82) is 0 Å². The quantitative estimate of drug-likeness (QED) is 0.766. The van der Waals surface area contributed by atoms with Crippen LogP contribution in [0, 0.1) is 0 Å². The van der Waals surface area contributed by atoms with Gasteiger partial charge in [-0.3, -0.25) is 4.79 Å². The van der Waals surface area contributed by atoms with Crippen molar-refractivity contribution in [3.05, 3.63) is 36.5 Å². The number of hydrogen-bond donors (Lipinski definition) is 1. The minimum absolute atomic E-state index is 0.211. The lowest BCUT2D eigenvalue weighted by atomic mass is 10.2. The maximum atomic E-state index is 10.6. The predicted molar refractivity (Wildman–Crippen MR) is 65.0 cm³/mol. The number of amides is 1. The smallest absolute Gasteiger partial charge is 0.217 e. The number of rotatable bonds is 5. The summed E-state index contributed by atoms with van der Waals surface area (Å²) in [5.74, 6) is -0.211. The third-order valence-corrected chi connectivity index (χ3v) is 2.75. The molecule has 0 aliphatic rings. The molecular weight excluding hydrogens is 200 g/mol. The Labute approximate surface area is 94.9 Å². The molecule has 0 saturated heterocycles. The number of carbonyl (C=O) groups excluding carboxylic acids is 1. The molecule has 0 saturated carbocycles. The van der Waals surface area contributed by atoms with E-state index >= 15 is 0 Å². The summed E-state index contributed by atoms with van der Waals surface area (Å²) in [5.41, 5.74) is 6.35. The van der Waals surface area contributed by atoms with Gasteiger partial charge in [0, 0.05) is 24.7 Å². The molecule has 1 aromatic carbocycles. The number of aromatic nitrogens is 1. The number of carbonyl (C=O) groups is 1. The Hall–Kier alpha value is -1.77. The van der Waals surface area contributed by atoms with Gasteiger partial charge in [-0.1, -0.05) is 18.2 Å². The molecule has 0 radical (unpaired) electrons. The molecule has 0 bridgehead atoms. The van der Waals surface area contributed by atoms with Gasteiger partial charge < -0.3 is 10.3 Å². The maximum Gasteiger partial charge on any atom is 0.217 e.